The van der Waals surface area contributed by atoms with E-state index >= 15 is 0 Å². The van der Waals surface area contributed by atoms with Gasteiger partial charge in [0.1, 0.15) is 0 Å². The Bertz CT molecular complexity index is 691. The van der Waals surface area contributed by atoms with Gasteiger partial charge in [-0.2, -0.15) is 0 Å². The number of carboxylic acids is 1. The molecule has 0 saturated heterocycles. The van der Waals surface area contributed by atoms with Crippen LogP contribution in [0.25, 0.3) is 6.08 Å². The van der Waals surface area contributed by atoms with Gasteiger partial charge in [-0.1, -0.05) is 60.7 Å². The Balaban J connectivity index is 2.07. The third-order valence-electron chi connectivity index (χ3n) is 4.04. The number of rotatable bonds is 3. The van der Waals surface area contributed by atoms with Crippen LogP contribution in [-0.2, 0) is 11.2 Å². The first-order valence-corrected chi connectivity index (χ1v) is 6.89. The maximum absolute atomic E-state index is 11.6. The van der Waals surface area contributed by atoms with Crippen molar-refractivity contribution in [2.75, 3.05) is 0 Å². The van der Waals surface area contributed by atoms with Crippen molar-refractivity contribution < 1.29 is 15.0 Å². The molecule has 0 saturated carbocycles. The van der Waals surface area contributed by atoms with Crippen molar-refractivity contribution in [1.82, 2.24) is 0 Å². The van der Waals surface area contributed by atoms with E-state index in [-0.39, 0.29) is 0 Å². The third kappa shape index (κ3) is 2.36. The van der Waals surface area contributed by atoms with E-state index in [1.807, 2.05) is 54.6 Å². The van der Waals surface area contributed by atoms with Gasteiger partial charge in [-0.15, -0.1) is 0 Å². The summed E-state index contributed by atoms with van der Waals surface area (Å²) in [6.45, 7) is 0. The van der Waals surface area contributed by atoms with E-state index in [1.165, 1.54) is 6.08 Å². The predicted molar refractivity (Wildman–Crippen MR) is 80.9 cm³/mol. The maximum atomic E-state index is 11.6. The second-order valence-electron chi connectivity index (χ2n) is 5.34. The Hall–Kier alpha value is -2.39. The summed E-state index contributed by atoms with van der Waals surface area (Å²) < 4.78 is 0. The normalized spacial score (nSPS) is 23.6. The Labute approximate surface area is 123 Å². The lowest BCUT2D eigenvalue weighted by atomic mass is 9.73. The summed E-state index contributed by atoms with van der Waals surface area (Å²) in [5, 5.41) is 20.1. The minimum Gasteiger partial charge on any atom is -0.479 e. The first-order chi connectivity index (χ1) is 10.1. The van der Waals surface area contributed by atoms with Crippen molar-refractivity contribution in [2.45, 2.75) is 17.9 Å². The van der Waals surface area contributed by atoms with Crippen LogP contribution in [0.5, 0.6) is 0 Å². The Morgan fingerprint density at radius 1 is 1.05 bits per heavy atom. The highest BCUT2D eigenvalue weighted by molar-refractivity contribution is 5.85. The molecule has 0 aromatic heterocycles. The molecule has 3 heteroatoms. The standard InChI is InChI=1S/C18H16O3/c19-17(20)18(21)11-10-14-8-4-5-9-15(14)16(18)12-13-6-2-1-3-7-13/h1-11,16,21H,12H2,(H,19,20). The largest absolute Gasteiger partial charge is 0.479 e. The number of hydrogen-bond acceptors (Lipinski definition) is 2. The first-order valence-electron chi connectivity index (χ1n) is 6.89. The first kappa shape index (κ1) is 13.6. The molecule has 21 heavy (non-hydrogen) atoms. The van der Waals surface area contributed by atoms with E-state index in [2.05, 4.69) is 0 Å². The molecule has 3 nitrogen and oxygen atoms in total. The van der Waals surface area contributed by atoms with Gasteiger partial charge in [-0.25, -0.2) is 4.79 Å². The average molecular weight is 280 g/mol. The van der Waals surface area contributed by atoms with E-state index in [0.717, 1.165) is 16.7 Å². The summed E-state index contributed by atoms with van der Waals surface area (Å²) in [5.41, 5.74) is 0.967. The van der Waals surface area contributed by atoms with Crippen LogP contribution in [0.2, 0.25) is 0 Å². The fraction of sp³-hybridized carbons (Fsp3) is 0.167. The fourth-order valence-corrected chi connectivity index (χ4v) is 2.89. The van der Waals surface area contributed by atoms with Crippen molar-refractivity contribution in [3.05, 3.63) is 77.4 Å². The van der Waals surface area contributed by atoms with Crippen molar-refractivity contribution >= 4 is 12.0 Å². The smallest absolute Gasteiger partial charge is 0.340 e. The molecule has 2 aromatic rings. The number of aliphatic carboxylic acids is 1. The molecule has 2 unspecified atom stereocenters. The van der Waals surface area contributed by atoms with Crippen molar-refractivity contribution in [1.29, 1.82) is 0 Å². The molecule has 0 spiro atoms. The lowest BCUT2D eigenvalue weighted by molar-refractivity contribution is -0.155. The summed E-state index contributed by atoms with van der Waals surface area (Å²) in [6, 6.07) is 17.3. The van der Waals surface area contributed by atoms with Crippen LogP contribution in [0.3, 0.4) is 0 Å². The fourth-order valence-electron chi connectivity index (χ4n) is 2.89. The summed E-state index contributed by atoms with van der Waals surface area (Å²) >= 11 is 0. The molecule has 1 aliphatic carbocycles. The number of carboxylic acid groups (broad SMARTS) is 1. The molecule has 106 valence electrons. The molecule has 2 aromatic carbocycles. The van der Waals surface area contributed by atoms with Gasteiger partial charge in [0.2, 0.25) is 0 Å². The lowest BCUT2D eigenvalue weighted by Crippen LogP contribution is -2.45. The maximum Gasteiger partial charge on any atom is 0.340 e. The summed E-state index contributed by atoms with van der Waals surface area (Å²) in [7, 11) is 0. The monoisotopic (exact) mass is 280 g/mol. The summed E-state index contributed by atoms with van der Waals surface area (Å²) in [6.07, 6.45) is 3.56. The minimum absolute atomic E-state index is 0.477. The Kier molecular flexibility index (Phi) is 3.35. The van der Waals surface area contributed by atoms with Gasteiger partial charge >= 0.3 is 5.97 Å². The van der Waals surface area contributed by atoms with Crippen LogP contribution in [0.4, 0.5) is 0 Å². The minimum atomic E-state index is -1.87. The second-order valence-corrected chi connectivity index (χ2v) is 5.34. The van der Waals surface area contributed by atoms with E-state index < -0.39 is 17.5 Å². The van der Waals surface area contributed by atoms with Gasteiger partial charge < -0.3 is 10.2 Å². The molecular formula is C18H16O3. The van der Waals surface area contributed by atoms with Crippen molar-refractivity contribution in [3.63, 3.8) is 0 Å². The van der Waals surface area contributed by atoms with Crippen molar-refractivity contribution in [2.24, 2.45) is 0 Å². The number of hydrogen-bond donors (Lipinski definition) is 2. The number of aliphatic hydroxyl groups is 1. The number of benzene rings is 2. The summed E-state index contributed by atoms with van der Waals surface area (Å²) in [5.74, 6) is -1.72. The van der Waals surface area contributed by atoms with Crippen molar-refractivity contribution in [3.8, 4) is 0 Å². The number of fused-ring (bicyclic) bond motifs is 1. The topological polar surface area (TPSA) is 57.5 Å². The zero-order valence-electron chi connectivity index (χ0n) is 11.4. The number of carbonyl (C=O) groups is 1. The van der Waals surface area contributed by atoms with E-state index in [9.17, 15) is 15.0 Å². The van der Waals surface area contributed by atoms with E-state index in [1.54, 1.807) is 6.08 Å². The van der Waals surface area contributed by atoms with Gasteiger partial charge in [0.05, 0.1) is 0 Å². The lowest BCUT2D eigenvalue weighted by Gasteiger charge is -2.34. The van der Waals surface area contributed by atoms with E-state index in [0.29, 0.717) is 6.42 Å². The zero-order chi connectivity index (χ0) is 14.9. The molecule has 0 heterocycles. The van der Waals surface area contributed by atoms with Gasteiger partial charge in [0, 0.05) is 5.92 Å². The molecule has 0 fully saturated rings. The highest BCUT2D eigenvalue weighted by Crippen LogP contribution is 2.39. The van der Waals surface area contributed by atoms with Gasteiger partial charge in [0.15, 0.2) is 5.60 Å². The van der Waals surface area contributed by atoms with Gasteiger partial charge in [0.25, 0.3) is 0 Å². The van der Waals surface area contributed by atoms with Crippen LogP contribution in [0.1, 0.15) is 22.6 Å². The molecule has 2 N–H and O–H groups in total. The molecule has 1 aliphatic rings. The molecule has 0 radical (unpaired) electrons. The zero-order valence-corrected chi connectivity index (χ0v) is 11.4. The van der Waals surface area contributed by atoms with Gasteiger partial charge in [-0.05, 0) is 29.2 Å². The Morgan fingerprint density at radius 3 is 2.43 bits per heavy atom. The third-order valence-corrected chi connectivity index (χ3v) is 4.04. The summed E-state index contributed by atoms with van der Waals surface area (Å²) in [4.78, 5) is 11.6. The second kappa shape index (κ2) is 5.19. The van der Waals surface area contributed by atoms with E-state index in [4.69, 9.17) is 0 Å². The molecule has 2 atom stereocenters. The van der Waals surface area contributed by atoms with Crippen LogP contribution in [-0.4, -0.2) is 21.8 Å². The Morgan fingerprint density at radius 2 is 1.71 bits per heavy atom. The van der Waals surface area contributed by atoms with Crippen LogP contribution in [0.15, 0.2) is 60.7 Å². The molecular weight excluding hydrogens is 264 g/mol. The molecule has 3 rings (SSSR count). The van der Waals surface area contributed by atoms with Crippen LogP contribution in [0, 0.1) is 0 Å². The highest BCUT2D eigenvalue weighted by Gasteiger charge is 2.45. The highest BCUT2D eigenvalue weighted by atomic mass is 16.4. The quantitative estimate of drug-likeness (QED) is 0.909. The van der Waals surface area contributed by atoms with Crippen LogP contribution < -0.4 is 0 Å². The SMILES string of the molecule is O=C(O)C1(O)C=Cc2ccccc2C1Cc1ccccc1. The van der Waals surface area contributed by atoms with Gasteiger partial charge in [-0.3, -0.25) is 0 Å². The molecule has 0 amide bonds. The molecule has 0 bridgehead atoms. The van der Waals surface area contributed by atoms with Crippen LogP contribution >= 0.6 is 0 Å². The predicted octanol–water partition coefficient (Wildman–Crippen LogP) is 2.86. The molecule has 0 aliphatic heterocycles. The average Bonchev–Trinajstić information content (AvgIpc) is 2.51.